The van der Waals surface area contributed by atoms with Gasteiger partial charge in [0, 0.05) is 44.8 Å². The minimum absolute atomic E-state index is 0.117. The highest BCUT2D eigenvalue weighted by Gasteiger charge is 2.42. The Morgan fingerprint density at radius 1 is 1.16 bits per heavy atom. The maximum Gasteiger partial charge on any atom is 0.255 e. The summed E-state index contributed by atoms with van der Waals surface area (Å²) in [5.41, 5.74) is 3.08. The lowest BCUT2D eigenvalue weighted by atomic mass is 9.66. The molecular weight excluding hydrogens is 408 g/mol. The van der Waals surface area contributed by atoms with Gasteiger partial charge in [-0.3, -0.25) is 19.7 Å². The van der Waals surface area contributed by atoms with Crippen molar-refractivity contribution >= 4 is 17.7 Å². The summed E-state index contributed by atoms with van der Waals surface area (Å²) in [5, 5.41) is 9.53. The number of fused-ring (bicyclic) bond motifs is 1. The average Bonchev–Trinajstić information content (AvgIpc) is 3.12. The molecule has 0 radical (unpaired) electrons. The number of carbonyl (C=O) groups excluding carboxylic acids is 3. The zero-order valence-corrected chi connectivity index (χ0v) is 18.5. The lowest BCUT2D eigenvalue weighted by Gasteiger charge is -2.47. The van der Waals surface area contributed by atoms with Crippen molar-refractivity contribution in [3.63, 3.8) is 0 Å². The number of nitrogens with zero attached hydrogens (tertiary/aromatic N) is 1. The van der Waals surface area contributed by atoms with Crippen molar-refractivity contribution in [2.24, 2.45) is 11.3 Å². The third-order valence-corrected chi connectivity index (χ3v) is 7.86. The molecule has 0 saturated carbocycles. The van der Waals surface area contributed by atoms with E-state index < -0.39 is 6.04 Å². The summed E-state index contributed by atoms with van der Waals surface area (Å²) in [7, 11) is 0. The molecule has 0 bridgehead atoms. The third kappa shape index (κ3) is 4.07. The first-order valence-corrected chi connectivity index (χ1v) is 11.8. The Kier molecular flexibility index (Phi) is 6.01. The van der Waals surface area contributed by atoms with E-state index >= 15 is 0 Å². The van der Waals surface area contributed by atoms with Crippen molar-refractivity contribution < 1.29 is 19.1 Å². The van der Waals surface area contributed by atoms with Gasteiger partial charge >= 0.3 is 0 Å². The maximum atomic E-state index is 13.0. The Bertz CT molecular complexity index is 903. The zero-order chi connectivity index (χ0) is 22.1. The van der Waals surface area contributed by atoms with Gasteiger partial charge in [0.15, 0.2) is 0 Å². The lowest BCUT2D eigenvalue weighted by molar-refractivity contribution is -0.136. The number of imide groups is 1. The van der Waals surface area contributed by atoms with Gasteiger partial charge in [-0.05, 0) is 67.3 Å². The van der Waals surface area contributed by atoms with E-state index in [1.54, 1.807) is 4.90 Å². The molecule has 3 fully saturated rings. The van der Waals surface area contributed by atoms with Crippen LogP contribution in [-0.4, -0.2) is 61.5 Å². The van der Waals surface area contributed by atoms with Crippen LogP contribution in [0.3, 0.4) is 0 Å². The molecule has 8 nitrogen and oxygen atoms in total. The van der Waals surface area contributed by atoms with Crippen molar-refractivity contribution in [2.45, 2.75) is 51.2 Å². The van der Waals surface area contributed by atoms with E-state index in [4.69, 9.17) is 4.74 Å². The molecule has 5 rings (SSSR count). The first-order chi connectivity index (χ1) is 15.6. The van der Waals surface area contributed by atoms with Gasteiger partial charge in [-0.1, -0.05) is 12.1 Å². The second-order valence-electron chi connectivity index (χ2n) is 9.65. The Morgan fingerprint density at radius 2 is 2.00 bits per heavy atom. The molecule has 3 amide bonds. The Labute approximate surface area is 188 Å². The van der Waals surface area contributed by atoms with E-state index in [1.807, 2.05) is 12.1 Å². The maximum absolute atomic E-state index is 13.0. The number of rotatable bonds is 5. The summed E-state index contributed by atoms with van der Waals surface area (Å²) >= 11 is 0. The molecule has 2 unspecified atom stereocenters. The molecule has 1 aromatic rings. The van der Waals surface area contributed by atoms with Gasteiger partial charge in [-0.25, -0.2) is 0 Å². The fraction of sp³-hybridized carbons (Fsp3) is 0.625. The summed E-state index contributed by atoms with van der Waals surface area (Å²) in [6, 6.07) is 5.46. The summed E-state index contributed by atoms with van der Waals surface area (Å²) in [5.74, 6) is -0.167. The number of carbonyl (C=O) groups is 3. The number of nitrogens with one attached hydrogen (secondary N) is 3. The summed E-state index contributed by atoms with van der Waals surface area (Å²) in [4.78, 5) is 38.3. The largest absolute Gasteiger partial charge is 0.381 e. The molecular formula is C24H32N4O4. The summed E-state index contributed by atoms with van der Waals surface area (Å²) in [6.07, 6.45) is 4.16. The molecule has 4 heterocycles. The number of amides is 3. The summed E-state index contributed by atoms with van der Waals surface area (Å²) in [6.45, 7) is 5.94. The number of ether oxygens (including phenoxy) is 1. The van der Waals surface area contributed by atoms with Crippen LogP contribution < -0.4 is 16.0 Å². The molecule has 3 saturated heterocycles. The highest BCUT2D eigenvalue weighted by Crippen LogP contribution is 2.42. The van der Waals surface area contributed by atoms with Gasteiger partial charge in [-0.2, -0.15) is 0 Å². The quantitative estimate of drug-likeness (QED) is 0.590. The van der Waals surface area contributed by atoms with Gasteiger partial charge in [0.05, 0.1) is 0 Å². The molecule has 0 aromatic heterocycles. The standard InChI is InChI=1S/C24H32N4O4/c29-21-4-3-20(22(30)27-21)28-15-17-2-1-16(11-19(17)23(28)31)12-26-14-18-13-25-8-5-24(18)6-9-32-10-7-24/h1-2,11,18,20,25-26H,3-10,12-15H2,(H,27,29,30). The van der Waals surface area contributed by atoms with Crippen LogP contribution in [-0.2, 0) is 27.4 Å². The van der Waals surface area contributed by atoms with E-state index in [9.17, 15) is 14.4 Å². The minimum atomic E-state index is -0.566. The van der Waals surface area contributed by atoms with Crippen LogP contribution in [0.15, 0.2) is 18.2 Å². The number of hydrogen-bond donors (Lipinski definition) is 3. The van der Waals surface area contributed by atoms with E-state index in [1.165, 1.54) is 6.42 Å². The lowest BCUT2D eigenvalue weighted by Crippen LogP contribution is -2.52. The second-order valence-corrected chi connectivity index (χ2v) is 9.65. The van der Waals surface area contributed by atoms with Gasteiger partial charge in [0.2, 0.25) is 11.8 Å². The van der Waals surface area contributed by atoms with Gasteiger partial charge in [0.1, 0.15) is 6.04 Å². The van der Waals surface area contributed by atoms with Crippen LogP contribution in [0.4, 0.5) is 0 Å². The topological polar surface area (TPSA) is 99.8 Å². The number of hydrogen-bond acceptors (Lipinski definition) is 6. The molecule has 4 aliphatic rings. The van der Waals surface area contributed by atoms with Crippen molar-refractivity contribution in [3.8, 4) is 0 Å². The van der Waals surface area contributed by atoms with Crippen molar-refractivity contribution in [1.82, 2.24) is 20.9 Å². The van der Waals surface area contributed by atoms with Crippen LogP contribution in [0.2, 0.25) is 0 Å². The van der Waals surface area contributed by atoms with Crippen LogP contribution in [0, 0.1) is 11.3 Å². The third-order valence-electron chi connectivity index (χ3n) is 7.86. The Balaban J connectivity index is 1.20. The van der Waals surface area contributed by atoms with E-state index in [0.717, 1.165) is 56.8 Å². The number of benzene rings is 1. The SMILES string of the molecule is O=C1CCC(N2Cc3ccc(CNCC4CNCCC45CCOCC5)cc3C2=O)C(=O)N1. The average molecular weight is 441 g/mol. The van der Waals surface area contributed by atoms with Crippen molar-refractivity contribution in [1.29, 1.82) is 0 Å². The van der Waals surface area contributed by atoms with Crippen LogP contribution in [0.5, 0.6) is 0 Å². The molecule has 3 N–H and O–H groups in total. The smallest absolute Gasteiger partial charge is 0.255 e. The normalized spacial score (nSPS) is 27.5. The van der Waals surface area contributed by atoms with Gasteiger partial charge < -0.3 is 20.3 Å². The molecule has 1 spiro atoms. The fourth-order valence-electron chi connectivity index (χ4n) is 5.86. The van der Waals surface area contributed by atoms with E-state index in [-0.39, 0.29) is 24.1 Å². The zero-order valence-electron chi connectivity index (χ0n) is 18.5. The number of piperidine rings is 2. The van der Waals surface area contributed by atoms with Crippen LogP contribution in [0.25, 0.3) is 0 Å². The fourth-order valence-corrected chi connectivity index (χ4v) is 5.86. The highest BCUT2D eigenvalue weighted by atomic mass is 16.5. The van der Waals surface area contributed by atoms with Crippen molar-refractivity contribution in [2.75, 3.05) is 32.8 Å². The van der Waals surface area contributed by atoms with Crippen molar-refractivity contribution in [3.05, 3.63) is 34.9 Å². The second kappa shape index (κ2) is 8.92. The molecule has 8 heteroatoms. The van der Waals surface area contributed by atoms with E-state index in [0.29, 0.717) is 36.4 Å². The first-order valence-electron chi connectivity index (χ1n) is 11.8. The highest BCUT2D eigenvalue weighted by molar-refractivity contribution is 6.05. The monoisotopic (exact) mass is 440 g/mol. The predicted octanol–water partition coefficient (Wildman–Crippen LogP) is 0.944. The predicted molar refractivity (Wildman–Crippen MR) is 118 cm³/mol. The van der Waals surface area contributed by atoms with Crippen LogP contribution >= 0.6 is 0 Å². The van der Waals surface area contributed by atoms with E-state index in [2.05, 4.69) is 22.0 Å². The molecule has 0 aliphatic carbocycles. The Hall–Kier alpha value is -2.29. The molecule has 2 atom stereocenters. The Morgan fingerprint density at radius 3 is 2.81 bits per heavy atom. The first kappa shape index (κ1) is 21.6. The molecule has 4 aliphatic heterocycles. The van der Waals surface area contributed by atoms with Gasteiger partial charge in [0.25, 0.3) is 5.91 Å². The van der Waals surface area contributed by atoms with Gasteiger partial charge in [-0.15, -0.1) is 0 Å². The minimum Gasteiger partial charge on any atom is -0.381 e. The summed E-state index contributed by atoms with van der Waals surface area (Å²) < 4.78 is 5.62. The molecule has 172 valence electrons. The molecule has 1 aromatic carbocycles. The molecule has 32 heavy (non-hydrogen) atoms. The van der Waals surface area contributed by atoms with Crippen LogP contribution in [0.1, 0.15) is 53.6 Å².